The molecule has 1 aliphatic rings. The minimum Gasteiger partial charge on any atom is -0.480 e. The highest BCUT2D eigenvalue weighted by Gasteiger charge is 2.23. The number of thiophene rings is 1. The Kier molecular flexibility index (Phi) is 8.20. The summed E-state index contributed by atoms with van der Waals surface area (Å²) in [5, 5.41) is 0.799. The third-order valence-electron chi connectivity index (χ3n) is 6.40. The Hall–Kier alpha value is -4.07. The van der Waals surface area contributed by atoms with Crippen LogP contribution in [0.15, 0.2) is 65.3 Å². The van der Waals surface area contributed by atoms with E-state index < -0.39 is 10.0 Å². The topological polar surface area (TPSA) is 135 Å². The number of ketones is 1. The molecular weight excluding hydrogens is 588 g/mol. The van der Waals surface area contributed by atoms with Gasteiger partial charge in [-0.05, 0) is 48.9 Å². The summed E-state index contributed by atoms with van der Waals surface area (Å²) in [7, 11) is -2.50. The van der Waals surface area contributed by atoms with E-state index in [4.69, 9.17) is 16.3 Å². The van der Waals surface area contributed by atoms with Crippen molar-refractivity contribution >= 4 is 67.1 Å². The fourth-order valence-corrected chi connectivity index (χ4v) is 6.92. The molecule has 0 bridgehead atoms. The number of amides is 1. The molecule has 0 unspecified atom stereocenters. The van der Waals surface area contributed by atoms with Gasteiger partial charge in [-0.2, -0.15) is 0 Å². The van der Waals surface area contributed by atoms with Crippen molar-refractivity contribution in [3.63, 3.8) is 0 Å². The number of carbonyl (C=O) groups is 2. The molecule has 3 aromatic heterocycles. The number of benzene rings is 1. The molecule has 1 saturated heterocycles. The number of nitrogens with one attached hydrogen (secondary N) is 1. The normalized spacial score (nSPS) is 14.0. The van der Waals surface area contributed by atoms with E-state index >= 15 is 0 Å². The molecule has 4 heterocycles. The lowest BCUT2D eigenvalue weighted by Gasteiger charge is -2.35. The second-order valence-corrected chi connectivity index (χ2v) is 12.8. The Labute approximate surface area is 245 Å². The molecule has 11 nitrogen and oxygen atoms in total. The molecule has 4 aromatic rings. The highest BCUT2D eigenvalue weighted by Crippen LogP contribution is 2.34. The van der Waals surface area contributed by atoms with Crippen LogP contribution in [0.3, 0.4) is 0 Å². The number of ether oxygens (including phenoxy) is 1. The van der Waals surface area contributed by atoms with Gasteiger partial charge >= 0.3 is 0 Å². The van der Waals surface area contributed by atoms with Crippen LogP contribution in [0.1, 0.15) is 6.92 Å². The zero-order valence-corrected chi connectivity index (χ0v) is 24.5. The van der Waals surface area contributed by atoms with Crippen molar-refractivity contribution in [3.05, 3.63) is 65.4 Å². The molecule has 0 atom stereocenters. The maximum Gasteiger partial charge on any atom is 0.271 e. The predicted molar refractivity (Wildman–Crippen MR) is 158 cm³/mol. The van der Waals surface area contributed by atoms with E-state index in [0.717, 1.165) is 33.6 Å². The van der Waals surface area contributed by atoms with E-state index in [9.17, 15) is 18.0 Å². The third-order valence-corrected chi connectivity index (χ3v) is 9.49. The summed E-state index contributed by atoms with van der Waals surface area (Å²) in [6.07, 6.45) is 5.68. The van der Waals surface area contributed by atoms with Gasteiger partial charge < -0.3 is 14.5 Å². The van der Waals surface area contributed by atoms with Gasteiger partial charge in [0, 0.05) is 49.4 Å². The average Bonchev–Trinajstić information content (AvgIpc) is 3.42. The molecule has 1 aliphatic heterocycles. The van der Waals surface area contributed by atoms with Crippen LogP contribution in [0.4, 0.5) is 11.5 Å². The van der Waals surface area contributed by atoms with Crippen molar-refractivity contribution < 1.29 is 22.7 Å². The zero-order chi connectivity index (χ0) is 29.1. The number of aromatic nitrogens is 3. The molecule has 14 heteroatoms. The van der Waals surface area contributed by atoms with Gasteiger partial charge in [-0.25, -0.2) is 23.4 Å². The van der Waals surface area contributed by atoms with E-state index in [1.807, 2.05) is 18.2 Å². The summed E-state index contributed by atoms with van der Waals surface area (Å²) >= 11 is 6.88. The molecule has 1 fully saturated rings. The van der Waals surface area contributed by atoms with Crippen LogP contribution < -0.4 is 14.4 Å². The number of hydrogen-bond acceptors (Lipinski definition) is 10. The van der Waals surface area contributed by atoms with Crippen molar-refractivity contribution in [2.24, 2.45) is 0 Å². The van der Waals surface area contributed by atoms with Crippen molar-refractivity contribution in [3.8, 4) is 17.0 Å². The van der Waals surface area contributed by atoms with E-state index in [1.165, 1.54) is 44.6 Å². The SMILES string of the molecule is COc1ncc(-c2ccc3ncnc(N4CCN(C(=O)/C=C/C(C)=O)CC4)c3c2)cc1NS(=O)(=O)c1ccc(Cl)s1. The predicted octanol–water partition coefficient (Wildman–Crippen LogP) is 4.01. The van der Waals surface area contributed by atoms with Crippen LogP contribution in [-0.2, 0) is 19.6 Å². The van der Waals surface area contributed by atoms with Gasteiger partial charge in [0.2, 0.25) is 11.8 Å². The van der Waals surface area contributed by atoms with Crippen molar-refractivity contribution in [1.29, 1.82) is 0 Å². The second-order valence-electron chi connectivity index (χ2n) is 9.13. The molecule has 41 heavy (non-hydrogen) atoms. The summed E-state index contributed by atoms with van der Waals surface area (Å²) in [5.41, 5.74) is 2.33. The maximum absolute atomic E-state index is 12.9. The third kappa shape index (κ3) is 6.32. The van der Waals surface area contributed by atoms with Crippen molar-refractivity contribution in [1.82, 2.24) is 19.9 Å². The van der Waals surface area contributed by atoms with Crippen LogP contribution in [-0.4, -0.2) is 73.2 Å². The first-order valence-corrected chi connectivity index (χ1v) is 15.1. The van der Waals surface area contributed by atoms with Crippen LogP contribution >= 0.6 is 22.9 Å². The number of allylic oxidation sites excluding steroid dienone is 1. The molecule has 1 aromatic carbocycles. The highest BCUT2D eigenvalue weighted by atomic mass is 35.5. The standard InChI is InChI=1S/C27H25ClN6O5S2/c1-17(35)3-7-24(36)33-9-11-34(12-10-33)26-20-13-18(4-5-21(20)30-16-31-26)19-14-22(27(39-2)29-15-19)32-41(37,38)25-8-6-23(28)40-25/h3-8,13-16,32H,9-12H2,1-2H3/b7-3+. The number of anilines is 2. The zero-order valence-electron chi connectivity index (χ0n) is 22.1. The van der Waals surface area contributed by atoms with Gasteiger partial charge in [0.05, 0.1) is 17.0 Å². The van der Waals surface area contributed by atoms with Gasteiger partial charge in [0.1, 0.15) is 22.0 Å². The summed E-state index contributed by atoms with van der Waals surface area (Å²) in [4.78, 5) is 40.6. The van der Waals surface area contributed by atoms with Gasteiger partial charge in [0.25, 0.3) is 10.0 Å². The fourth-order valence-electron chi connectivity index (χ4n) is 4.39. The molecule has 0 saturated carbocycles. The Bertz CT molecular complexity index is 1770. The summed E-state index contributed by atoms with van der Waals surface area (Å²) in [5.74, 6) is 0.468. The minimum absolute atomic E-state index is 0.0686. The Balaban J connectivity index is 1.43. The number of nitrogens with zero attached hydrogens (tertiary/aromatic N) is 5. The number of methoxy groups -OCH3 is 1. The van der Waals surface area contributed by atoms with Crippen molar-refractivity contribution in [2.75, 3.05) is 42.9 Å². The molecule has 212 valence electrons. The maximum atomic E-state index is 12.9. The van der Waals surface area contributed by atoms with Crippen LogP contribution in [0.25, 0.3) is 22.0 Å². The lowest BCUT2D eigenvalue weighted by Crippen LogP contribution is -2.48. The summed E-state index contributed by atoms with van der Waals surface area (Å²) in [6.45, 7) is 3.47. The molecular formula is C27H25ClN6O5S2. The van der Waals surface area contributed by atoms with Gasteiger partial charge in [-0.3, -0.25) is 14.3 Å². The number of fused-ring (bicyclic) bond motifs is 1. The first-order chi connectivity index (χ1) is 19.6. The molecule has 0 spiro atoms. The van der Waals surface area contributed by atoms with E-state index in [-0.39, 0.29) is 27.5 Å². The van der Waals surface area contributed by atoms with Crippen LogP contribution in [0.2, 0.25) is 4.34 Å². The number of halogens is 1. The minimum atomic E-state index is -3.91. The number of pyridine rings is 1. The Morgan fingerprint density at radius 1 is 1.02 bits per heavy atom. The lowest BCUT2D eigenvalue weighted by molar-refractivity contribution is -0.126. The van der Waals surface area contributed by atoms with Crippen LogP contribution in [0.5, 0.6) is 5.88 Å². The van der Waals surface area contributed by atoms with E-state index in [2.05, 4.69) is 24.6 Å². The number of piperazine rings is 1. The molecule has 1 amide bonds. The molecule has 0 aliphatic carbocycles. The van der Waals surface area contributed by atoms with E-state index in [1.54, 1.807) is 17.2 Å². The highest BCUT2D eigenvalue weighted by molar-refractivity contribution is 7.94. The largest absolute Gasteiger partial charge is 0.480 e. The second kappa shape index (κ2) is 11.8. The summed E-state index contributed by atoms with van der Waals surface area (Å²) < 4.78 is 34.2. The Morgan fingerprint density at radius 2 is 1.80 bits per heavy atom. The smallest absolute Gasteiger partial charge is 0.271 e. The lowest BCUT2D eigenvalue weighted by atomic mass is 10.0. The van der Waals surface area contributed by atoms with Crippen LogP contribution in [0, 0.1) is 0 Å². The molecule has 0 radical (unpaired) electrons. The average molecular weight is 613 g/mol. The van der Waals surface area contributed by atoms with Crippen molar-refractivity contribution in [2.45, 2.75) is 11.1 Å². The fraction of sp³-hybridized carbons (Fsp3) is 0.222. The van der Waals surface area contributed by atoms with Gasteiger partial charge in [-0.15, -0.1) is 11.3 Å². The number of hydrogen-bond donors (Lipinski definition) is 1. The number of rotatable bonds is 8. The molecule has 5 rings (SSSR count). The quantitative estimate of drug-likeness (QED) is 0.293. The summed E-state index contributed by atoms with van der Waals surface area (Å²) in [6, 6.07) is 10.3. The number of sulfonamides is 1. The molecule has 1 N–H and O–H groups in total. The first kappa shape index (κ1) is 28.5. The monoisotopic (exact) mass is 612 g/mol. The van der Waals surface area contributed by atoms with Gasteiger partial charge in [0.15, 0.2) is 5.78 Å². The van der Waals surface area contributed by atoms with E-state index in [0.29, 0.717) is 36.1 Å². The van der Waals surface area contributed by atoms with Gasteiger partial charge in [-0.1, -0.05) is 17.7 Å². The number of carbonyl (C=O) groups excluding carboxylic acids is 2. The first-order valence-electron chi connectivity index (χ1n) is 12.4. The Morgan fingerprint density at radius 3 is 2.49 bits per heavy atom.